The van der Waals surface area contributed by atoms with Crippen LogP contribution in [-0.4, -0.2) is 20.8 Å². The van der Waals surface area contributed by atoms with Crippen LogP contribution in [0.4, 0.5) is 5.00 Å². The van der Waals surface area contributed by atoms with Crippen LogP contribution in [0.2, 0.25) is 0 Å². The van der Waals surface area contributed by atoms with Crippen molar-refractivity contribution in [2.45, 2.75) is 20.8 Å². The van der Waals surface area contributed by atoms with Gasteiger partial charge in [0.2, 0.25) is 5.76 Å². The molecular formula is C16H15N5O2S. The molecule has 0 spiro atoms. The van der Waals surface area contributed by atoms with Gasteiger partial charge in [0, 0.05) is 29.2 Å². The molecule has 3 aromatic rings. The van der Waals surface area contributed by atoms with E-state index in [1.165, 1.54) is 11.3 Å². The molecule has 0 saturated heterocycles. The quantitative estimate of drug-likeness (QED) is 0.789. The number of amides is 1. The molecular weight excluding hydrogens is 326 g/mol. The zero-order chi connectivity index (χ0) is 17.4. The fourth-order valence-corrected chi connectivity index (χ4v) is 3.28. The number of nitrogens with zero attached hydrogens (tertiary/aromatic N) is 4. The largest absolute Gasteiger partial charge is 0.350 e. The van der Waals surface area contributed by atoms with E-state index in [1.807, 2.05) is 27.8 Å². The highest BCUT2D eigenvalue weighted by Gasteiger charge is 2.20. The van der Waals surface area contributed by atoms with Gasteiger partial charge in [0.15, 0.2) is 0 Å². The molecule has 1 amide bonds. The van der Waals surface area contributed by atoms with Gasteiger partial charge in [-0.05, 0) is 26.3 Å². The normalized spacial score (nSPS) is 10.6. The van der Waals surface area contributed by atoms with E-state index in [0.717, 1.165) is 21.7 Å². The Balaban J connectivity index is 1.86. The first-order chi connectivity index (χ1) is 11.4. The molecule has 0 radical (unpaired) electrons. The minimum Gasteiger partial charge on any atom is -0.350 e. The lowest BCUT2D eigenvalue weighted by Crippen LogP contribution is -2.10. The van der Waals surface area contributed by atoms with E-state index in [9.17, 15) is 10.1 Å². The van der Waals surface area contributed by atoms with Gasteiger partial charge in [-0.15, -0.1) is 11.3 Å². The van der Waals surface area contributed by atoms with Crippen molar-refractivity contribution in [1.29, 1.82) is 5.26 Å². The third-order valence-electron chi connectivity index (χ3n) is 3.97. The lowest BCUT2D eigenvalue weighted by Gasteiger charge is -1.99. The van der Waals surface area contributed by atoms with Crippen LogP contribution in [0.15, 0.2) is 16.8 Å². The van der Waals surface area contributed by atoms with Gasteiger partial charge in [0.25, 0.3) is 5.91 Å². The van der Waals surface area contributed by atoms with Crippen molar-refractivity contribution in [3.05, 3.63) is 39.7 Å². The average molecular weight is 341 g/mol. The van der Waals surface area contributed by atoms with E-state index >= 15 is 0 Å². The van der Waals surface area contributed by atoms with Crippen LogP contribution < -0.4 is 5.32 Å². The Hall–Kier alpha value is -2.92. The van der Waals surface area contributed by atoms with Crippen LogP contribution in [0.5, 0.6) is 0 Å². The predicted octanol–water partition coefficient (Wildman–Crippen LogP) is 3.19. The van der Waals surface area contributed by atoms with E-state index < -0.39 is 5.91 Å². The van der Waals surface area contributed by atoms with Crippen LogP contribution in [0, 0.1) is 32.1 Å². The number of anilines is 1. The van der Waals surface area contributed by atoms with Gasteiger partial charge in [-0.3, -0.25) is 9.48 Å². The smallest absolute Gasteiger partial charge is 0.294 e. The van der Waals surface area contributed by atoms with Gasteiger partial charge < -0.3 is 9.84 Å². The first kappa shape index (κ1) is 16.0. The number of carbonyl (C=O) groups is 1. The third-order valence-corrected chi connectivity index (χ3v) is 5.09. The zero-order valence-corrected chi connectivity index (χ0v) is 14.5. The number of aryl methyl sites for hydroxylation is 2. The van der Waals surface area contributed by atoms with Gasteiger partial charge in [-0.25, -0.2) is 0 Å². The molecule has 0 aliphatic heterocycles. The summed E-state index contributed by atoms with van der Waals surface area (Å²) >= 11 is 1.37. The summed E-state index contributed by atoms with van der Waals surface area (Å²) < 4.78 is 6.87. The van der Waals surface area contributed by atoms with Crippen molar-refractivity contribution in [3.8, 4) is 17.3 Å². The average Bonchev–Trinajstić information content (AvgIpc) is 3.21. The van der Waals surface area contributed by atoms with Gasteiger partial charge in [-0.1, -0.05) is 5.16 Å². The molecule has 7 nitrogen and oxygen atoms in total. The molecule has 0 aliphatic carbocycles. The molecule has 122 valence electrons. The number of rotatable bonds is 3. The number of nitrogens with one attached hydrogen (secondary N) is 1. The third kappa shape index (κ3) is 2.59. The Bertz CT molecular complexity index is 973. The van der Waals surface area contributed by atoms with Crippen LogP contribution in [-0.2, 0) is 7.05 Å². The van der Waals surface area contributed by atoms with Crippen molar-refractivity contribution in [3.63, 3.8) is 0 Å². The maximum Gasteiger partial charge on any atom is 0.294 e. The maximum absolute atomic E-state index is 12.4. The summed E-state index contributed by atoms with van der Waals surface area (Å²) in [6.07, 6.45) is 1.68. The zero-order valence-electron chi connectivity index (χ0n) is 13.7. The Labute approximate surface area is 142 Å². The van der Waals surface area contributed by atoms with E-state index in [-0.39, 0.29) is 5.76 Å². The second-order valence-electron chi connectivity index (χ2n) is 5.40. The Kier molecular flexibility index (Phi) is 3.95. The standard InChI is InChI=1S/C16H15N5O2S/c1-8-10(3)24-16(11(8)6-17)19-15(22)14-5-13(20-23-14)12-7-18-21(4)9(12)2/h5,7H,1-4H3,(H,19,22). The number of aromatic nitrogens is 3. The van der Waals surface area contributed by atoms with Crippen molar-refractivity contribution in [2.24, 2.45) is 7.05 Å². The molecule has 24 heavy (non-hydrogen) atoms. The Morgan fingerprint density at radius 1 is 1.42 bits per heavy atom. The SMILES string of the molecule is Cc1sc(NC(=O)c2cc(-c3cnn(C)c3C)no2)c(C#N)c1C. The van der Waals surface area contributed by atoms with E-state index in [1.54, 1.807) is 16.9 Å². The molecule has 0 bridgehead atoms. The summed E-state index contributed by atoms with van der Waals surface area (Å²) in [7, 11) is 1.83. The molecule has 0 unspecified atom stereocenters. The first-order valence-corrected chi connectivity index (χ1v) is 8.01. The Morgan fingerprint density at radius 2 is 2.17 bits per heavy atom. The highest BCUT2D eigenvalue weighted by Crippen LogP contribution is 2.32. The molecule has 0 aliphatic rings. The Morgan fingerprint density at radius 3 is 2.79 bits per heavy atom. The molecule has 3 rings (SSSR count). The van der Waals surface area contributed by atoms with Crippen molar-refractivity contribution in [1.82, 2.24) is 14.9 Å². The molecule has 0 fully saturated rings. The molecule has 3 heterocycles. The lowest BCUT2D eigenvalue weighted by atomic mass is 10.2. The lowest BCUT2D eigenvalue weighted by molar-refractivity contribution is 0.0988. The predicted molar refractivity (Wildman–Crippen MR) is 89.9 cm³/mol. The van der Waals surface area contributed by atoms with Crippen LogP contribution in [0.3, 0.4) is 0 Å². The van der Waals surface area contributed by atoms with Crippen molar-refractivity contribution < 1.29 is 9.32 Å². The molecule has 3 aromatic heterocycles. The monoisotopic (exact) mass is 341 g/mol. The summed E-state index contributed by atoms with van der Waals surface area (Å²) in [6, 6.07) is 3.69. The molecule has 0 atom stereocenters. The minimum atomic E-state index is -0.437. The second-order valence-corrected chi connectivity index (χ2v) is 6.62. The number of carbonyl (C=O) groups excluding carboxylic acids is 1. The molecule has 1 N–H and O–H groups in total. The maximum atomic E-state index is 12.4. The number of hydrogen-bond donors (Lipinski definition) is 1. The minimum absolute atomic E-state index is 0.0841. The van der Waals surface area contributed by atoms with E-state index in [4.69, 9.17) is 4.52 Å². The summed E-state index contributed by atoms with van der Waals surface area (Å²) in [5, 5.41) is 20.6. The molecule has 0 aromatic carbocycles. The number of thiophene rings is 1. The van der Waals surface area contributed by atoms with Crippen molar-refractivity contribution >= 4 is 22.2 Å². The highest BCUT2D eigenvalue weighted by atomic mass is 32.1. The highest BCUT2D eigenvalue weighted by molar-refractivity contribution is 7.16. The number of hydrogen-bond acceptors (Lipinski definition) is 6. The summed E-state index contributed by atoms with van der Waals surface area (Å²) in [6.45, 7) is 5.68. The fourth-order valence-electron chi connectivity index (χ4n) is 2.27. The van der Waals surface area contributed by atoms with Gasteiger partial charge in [0.1, 0.15) is 16.8 Å². The number of nitriles is 1. The molecule has 8 heteroatoms. The van der Waals surface area contributed by atoms with E-state index in [0.29, 0.717) is 16.3 Å². The van der Waals surface area contributed by atoms with Gasteiger partial charge in [0.05, 0.1) is 11.8 Å². The fraction of sp³-hybridized carbons (Fsp3) is 0.250. The van der Waals surface area contributed by atoms with Crippen LogP contribution >= 0.6 is 11.3 Å². The summed E-state index contributed by atoms with van der Waals surface area (Å²) in [5.41, 5.74) is 3.63. The summed E-state index contributed by atoms with van der Waals surface area (Å²) in [5.74, 6) is -0.353. The van der Waals surface area contributed by atoms with E-state index in [2.05, 4.69) is 21.6 Å². The van der Waals surface area contributed by atoms with Crippen molar-refractivity contribution in [2.75, 3.05) is 5.32 Å². The topological polar surface area (TPSA) is 96.7 Å². The first-order valence-electron chi connectivity index (χ1n) is 7.19. The van der Waals surface area contributed by atoms with Crippen LogP contribution in [0.25, 0.3) is 11.3 Å². The van der Waals surface area contributed by atoms with Crippen LogP contribution in [0.1, 0.15) is 32.3 Å². The van der Waals surface area contributed by atoms with Gasteiger partial charge >= 0.3 is 0 Å². The van der Waals surface area contributed by atoms with Gasteiger partial charge in [-0.2, -0.15) is 10.4 Å². The second kappa shape index (κ2) is 5.94. The molecule has 0 saturated carbocycles. The summed E-state index contributed by atoms with van der Waals surface area (Å²) in [4.78, 5) is 13.4.